The maximum absolute atomic E-state index is 12.3. The van der Waals surface area contributed by atoms with Crippen molar-refractivity contribution in [3.63, 3.8) is 0 Å². The Hall–Kier alpha value is -2.43. The molecule has 2 nitrogen and oxygen atoms in total. The first-order valence-corrected chi connectivity index (χ1v) is 10.6. The molecule has 4 heteroatoms. The zero-order chi connectivity index (χ0) is 18.7. The number of carbonyl (C=O) groups is 1. The van der Waals surface area contributed by atoms with E-state index in [1.165, 1.54) is 11.1 Å². The van der Waals surface area contributed by atoms with Crippen LogP contribution in [0.25, 0.3) is 6.08 Å². The summed E-state index contributed by atoms with van der Waals surface area (Å²) < 4.78 is 6.24. The van der Waals surface area contributed by atoms with Crippen molar-refractivity contribution in [3.8, 4) is 0 Å². The molecule has 0 bridgehead atoms. The van der Waals surface area contributed by atoms with Crippen LogP contribution in [0.1, 0.15) is 16.9 Å². The van der Waals surface area contributed by atoms with E-state index in [1.807, 2.05) is 42.5 Å². The molecule has 1 heterocycles. The molecule has 2 aromatic carbocycles. The molecule has 0 aliphatic heterocycles. The summed E-state index contributed by atoms with van der Waals surface area (Å²) in [6, 6.07) is 24.2. The van der Waals surface area contributed by atoms with Gasteiger partial charge in [0, 0.05) is 21.8 Å². The Bertz CT molecular complexity index is 837. The molecule has 0 spiro atoms. The highest BCUT2D eigenvalue weighted by atomic mass is 32.2. The van der Waals surface area contributed by atoms with Gasteiger partial charge in [0.25, 0.3) is 0 Å². The molecule has 0 unspecified atom stereocenters. The molecule has 1 aromatic heterocycles. The van der Waals surface area contributed by atoms with Gasteiger partial charge in [-0.3, -0.25) is 4.79 Å². The van der Waals surface area contributed by atoms with E-state index in [2.05, 4.69) is 24.3 Å². The molecule has 0 amide bonds. The van der Waals surface area contributed by atoms with Crippen LogP contribution in [0.5, 0.6) is 0 Å². The van der Waals surface area contributed by atoms with Gasteiger partial charge in [0.2, 0.25) is 0 Å². The van der Waals surface area contributed by atoms with Crippen LogP contribution in [-0.2, 0) is 16.3 Å². The molecule has 136 valence electrons. The zero-order valence-corrected chi connectivity index (χ0v) is 16.4. The number of thioether (sulfide) groups is 2. The normalized spacial score (nSPS) is 10.8. The summed E-state index contributed by atoms with van der Waals surface area (Å²) in [4.78, 5) is 12.3. The minimum absolute atomic E-state index is 0.0393. The summed E-state index contributed by atoms with van der Waals surface area (Å²) in [5.74, 6) is 2.31. The number of hydrogen-bond donors (Lipinski definition) is 0. The summed E-state index contributed by atoms with van der Waals surface area (Å²) in [7, 11) is 0. The second-order valence-corrected chi connectivity index (χ2v) is 8.06. The highest BCUT2D eigenvalue weighted by Crippen LogP contribution is 2.33. The lowest BCUT2D eigenvalue weighted by Gasteiger charge is -2.07. The summed E-state index contributed by atoms with van der Waals surface area (Å²) in [5, 5.41) is 0. The Kier molecular flexibility index (Phi) is 7.63. The number of benzene rings is 2. The zero-order valence-electron chi connectivity index (χ0n) is 14.8. The summed E-state index contributed by atoms with van der Waals surface area (Å²) in [6.07, 6.45) is 6.54. The molecule has 27 heavy (non-hydrogen) atoms. The fraction of sp³-hybridized carbons (Fsp3) is 0.0870. The van der Waals surface area contributed by atoms with Crippen molar-refractivity contribution in [2.75, 3.05) is 0 Å². The van der Waals surface area contributed by atoms with Crippen LogP contribution < -0.4 is 0 Å². The average molecular weight is 393 g/mol. The van der Waals surface area contributed by atoms with Gasteiger partial charge in [-0.1, -0.05) is 60.7 Å². The Morgan fingerprint density at radius 1 is 0.815 bits per heavy atom. The van der Waals surface area contributed by atoms with Crippen molar-refractivity contribution in [1.29, 1.82) is 0 Å². The van der Waals surface area contributed by atoms with E-state index in [1.54, 1.807) is 54.1 Å². The molecule has 0 radical (unpaired) electrons. The van der Waals surface area contributed by atoms with Crippen molar-refractivity contribution >= 4 is 35.4 Å². The summed E-state index contributed by atoms with van der Waals surface area (Å²) >= 11 is 3.38. The van der Waals surface area contributed by atoms with Gasteiger partial charge >= 0.3 is 0 Å². The number of ketones is 1. The van der Waals surface area contributed by atoms with Crippen LogP contribution in [0.4, 0.5) is 0 Å². The standard InChI is InChI=1S/C23H20O2S2/c24-21(13-14-22-12-7-15-25-22)16-23(26-17-19-8-3-1-4-9-19)27-18-20-10-5-2-6-11-20/h1-16H,17-18H2. The molecule has 0 aliphatic rings. The number of rotatable bonds is 9. The first kappa shape index (κ1) is 19.3. The van der Waals surface area contributed by atoms with Crippen molar-refractivity contribution in [1.82, 2.24) is 0 Å². The quantitative estimate of drug-likeness (QED) is 0.385. The number of carbonyl (C=O) groups excluding carboxylic acids is 1. The third-order valence-corrected chi connectivity index (χ3v) is 6.13. The smallest absolute Gasteiger partial charge is 0.180 e. The van der Waals surface area contributed by atoms with E-state index in [0.29, 0.717) is 5.76 Å². The lowest BCUT2D eigenvalue weighted by molar-refractivity contribution is -0.110. The lowest BCUT2D eigenvalue weighted by Crippen LogP contribution is -1.89. The Balaban J connectivity index is 1.66. The van der Waals surface area contributed by atoms with Crippen molar-refractivity contribution < 1.29 is 9.21 Å². The van der Waals surface area contributed by atoms with E-state index in [9.17, 15) is 4.79 Å². The molecule has 0 saturated heterocycles. The number of allylic oxidation sites excluding steroid dienone is 2. The third kappa shape index (κ3) is 7.00. The monoisotopic (exact) mass is 392 g/mol. The van der Waals surface area contributed by atoms with E-state index >= 15 is 0 Å². The fourth-order valence-corrected chi connectivity index (χ4v) is 4.39. The summed E-state index contributed by atoms with van der Waals surface area (Å²) in [5.41, 5.74) is 2.49. The van der Waals surface area contributed by atoms with Gasteiger partial charge in [-0.15, -0.1) is 23.5 Å². The molecule has 3 aromatic rings. The molecule has 0 saturated carbocycles. The van der Waals surface area contributed by atoms with Crippen molar-refractivity contribution in [2.45, 2.75) is 11.5 Å². The van der Waals surface area contributed by atoms with Crippen LogP contribution in [0, 0.1) is 0 Å². The highest BCUT2D eigenvalue weighted by molar-refractivity contribution is 8.21. The third-order valence-electron chi connectivity index (χ3n) is 3.66. The first-order valence-electron chi connectivity index (χ1n) is 8.60. The van der Waals surface area contributed by atoms with Crippen molar-refractivity contribution in [3.05, 3.63) is 112 Å². The predicted molar refractivity (Wildman–Crippen MR) is 116 cm³/mol. The minimum Gasteiger partial charge on any atom is -0.465 e. The van der Waals surface area contributed by atoms with Crippen LogP contribution in [0.2, 0.25) is 0 Å². The van der Waals surface area contributed by atoms with Crippen molar-refractivity contribution in [2.24, 2.45) is 0 Å². The summed E-state index contributed by atoms with van der Waals surface area (Å²) in [6.45, 7) is 0. The molecule has 3 rings (SSSR count). The van der Waals surface area contributed by atoms with Crippen LogP contribution in [0.15, 0.2) is 99.9 Å². The number of furan rings is 1. The van der Waals surface area contributed by atoms with Crippen LogP contribution >= 0.6 is 23.5 Å². The second kappa shape index (κ2) is 10.7. The fourth-order valence-electron chi connectivity index (χ4n) is 2.30. The average Bonchev–Trinajstić information content (AvgIpc) is 3.24. The molecule has 0 fully saturated rings. The van der Waals surface area contributed by atoms with Gasteiger partial charge < -0.3 is 4.42 Å². The first-order chi connectivity index (χ1) is 13.3. The SMILES string of the molecule is O=C(C=Cc1ccco1)C=C(SCc1ccccc1)SCc1ccccc1. The topological polar surface area (TPSA) is 30.2 Å². The van der Waals surface area contributed by atoms with Gasteiger partial charge in [-0.05, 0) is 35.4 Å². The van der Waals surface area contributed by atoms with Crippen LogP contribution in [0.3, 0.4) is 0 Å². The van der Waals surface area contributed by atoms with Gasteiger partial charge in [0.15, 0.2) is 5.78 Å². The van der Waals surface area contributed by atoms with Gasteiger partial charge in [0.05, 0.1) is 6.26 Å². The van der Waals surface area contributed by atoms with E-state index < -0.39 is 0 Å². The second-order valence-electron chi connectivity index (χ2n) is 5.76. The highest BCUT2D eigenvalue weighted by Gasteiger charge is 2.05. The minimum atomic E-state index is -0.0393. The maximum atomic E-state index is 12.3. The van der Waals surface area contributed by atoms with E-state index in [-0.39, 0.29) is 5.78 Å². The molecular weight excluding hydrogens is 372 g/mol. The Labute approximate surface area is 168 Å². The lowest BCUT2D eigenvalue weighted by atomic mass is 10.2. The molecule has 0 atom stereocenters. The van der Waals surface area contributed by atoms with Gasteiger partial charge in [-0.2, -0.15) is 0 Å². The molecular formula is C23H20O2S2. The largest absolute Gasteiger partial charge is 0.465 e. The Morgan fingerprint density at radius 2 is 1.41 bits per heavy atom. The van der Waals surface area contributed by atoms with Gasteiger partial charge in [0.1, 0.15) is 5.76 Å². The van der Waals surface area contributed by atoms with E-state index in [0.717, 1.165) is 15.7 Å². The van der Waals surface area contributed by atoms with E-state index in [4.69, 9.17) is 4.42 Å². The molecule has 0 N–H and O–H groups in total. The number of hydrogen-bond acceptors (Lipinski definition) is 4. The predicted octanol–water partition coefficient (Wildman–Crippen LogP) is 6.57. The Morgan fingerprint density at radius 3 is 1.93 bits per heavy atom. The molecule has 0 aliphatic carbocycles. The maximum Gasteiger partial charge on any atom is 0.180 e. The van der Waals surface area contributed by atoms with Gasteiger partial charge in [-0.25, -0.2) is 0 Å². The van der Waals surface area contributed by atoms with Crippen LogP contribution in [-0.4, -0.2) is 5.78 Å².